The molecule has 0 N–H and O–H groups in total. The molecule has 0 bridgehead atoms. The van der Waals surface area contributed by atoms with Crippen molar-refractivity contribution in [2.75, 3.05) is 63.1 Å². The summed E-state index contributed by atoms with van der Waals surface area (Å²) in [6.07, 6.45) is 0. The summed E-state index contributed by atoms with van der Waals surface area (Å²) in [6, 6.07) is 12.4. The van der Waals surface area contributed by atoms with E-state index >= 15 is 0 Å². The molecule has 2 aliphatic rings. The Kier molecular flexibility index (Phi) is 7.37. The van der Waals surface area contributed by atoms with Crippen molar-refractivity contribution in [2.24, 2.45) is 0 Å². The molecule has 0 atom stereocenters. The lowest BCUT2D eigenvalue weighted by Gasteiger charge is -2.34. The van der Waals surface area contributed by atoms with E-state index in [0.717, 1.165) is 29.0 Å². The van der Waals surface area contributed by atoms with Crippen LogP contribution in [0.5, 0.6) is 0 Å². The summed E-state index contributed by atoms with van der Waals surface area (Å²) in [6.45, 7) is 3.60. The van der Waals surface area contributed by atoms with Gasteiger partial charge in [-0.1, -0.05) is 23.9 Å². The molecule has 0 saturated carbocycles. The zero-order chi connectivity index (χ0) is 25.1. The first-order valence-corrected chi connectivity index (χ1v) is 14.1. The van der Waals surface area contributed by atoms with Crippen LogP contribution in [0.3, 0.4) is 0 Å². The van der Waals surface area contributed by atoms with Crippen LogP contribution in [-0.2, 0) is 19.6 Å². The number of para-hydroxylation sites is 2. The lowest BCUT2D eigenvalue weighted by Crippen LogP contribution is -2.51. The molecule has 0 spiro atoms. The maximum atomic E-state index is 13.2. The summed E-state index contributed by atoms with van der Waals surface area (Å²) in [7, 11) is -3.73. The molecule has 3 aromatic rings. The minimum atomic E-state index is -3.73. The van der Waals surface area contributed by atoms with E-state index in [4.69, 9.17) is 14.7 Å². The number of sulfonamides is 1. The molecule has 1 amide bonds. The Hall–Kier alpha value is -2.80. The number of fused-ring (bicyclic) bond motifs is 1. The average Bonchev–Trinajstić information content (AvgIpc) is 2.92. The first-order valence-electron chi connectivity index (χ1n) is 11.7. The van der Waals surface area contributed by atoms with Crippen LogP contribution in [0.2, 0.25) is 0 Å². The molecule has 36 heavy (non-hydrogen) atoms. The second-order valence-corrected chi connectivity index (χ2v) is 11.4. The molecule has 2 saturated heterocycles. The third-order valence-electron chi connectivity index (χ3n) is 6.21. The molecule has 0 radical (unpaired) electrons. The number of hydrogen-bond acceptors (Lipinski definition) is 8. The van der Waals surface area contributed by atoms with Gasteiger partial charge in [-0.2, -0.15) is 4.31 Å². The Morgan fingerprint density at radius 1 is 0.917 bits per heavy atom. The van der Waals surface area contributed by atoms with Gasteiger partial charge in [0.15, 0.2) is 5.82 Å². The molecule has 5 rings (SSSR count). The number of amides is 1. The first-order chi connectivity index (χ1) is 17.4. The predicted molar refractivity (Wildman–Crippen MR) is 135 cm³/mol. The van der Waals surface area contributed by atoms with Crippen molar-refractivity contribution in [2.45, 2.75) is 9.92 Å². The van der Waals surface area contributed by atoms with Gasteiger partial charge in [0.05, 0.1) is 34.9 Å². The van der Waals surface area contributed by atoms with Gasteiger partial charge in [-0.05, 0) is 36.4 Å². The number of ether oxygens (including phenoxy) is 1. The molecule has 2 fully saturated rings. The highest BCUT2D eigenvalue weighted by Gasteiger charge is 2.30. The van der Waals surface area contributed by atoms with Crippen LogP contribution in [0.15, 0.2) is 58.5 Å². The number of carbonyl (C=O) groups excluding carboxylic acids is 1. The van der Waals surface area contributed by atoms with E-state index in [-0.39, 0.29) is 29.6 Å². The quantitative estimate of drug-likeness (QED) is 0.447. The van der Waals surface area contributed by atoms with Crippen molar-refractivity contribution >= 4 is 44.5 Å². The smallest absolute Gasteiger partial charge is 0.243 e. The Morgan fingerprint density at radius 3 is 2.22 bits per heavy atom. The summed E-state index contributed by atoms with van der Waals surface area (Å²) < 4.78 is 45.7. The zero-order valence-electron chi connectivity index (χ0n) is 19.5. The second kappa shape index (κ2) is 10.7. The number of anilines is 1. The van der Waals surface area contributed by atoms with Crippen LogP contribution in [0.1, 0.15) is 0 Å². The first kappa shape index (κ1) is 24.9. The fourth-order valence-electron chi connectivity index (χ4n) is 4.21. The molecule has 190 valence electrons. The number of aromatic nitrogens is 2. The number of rotatable bonds is 6. The second-order valence-electron chi connectivity index (χ2n) is 8.47. The molecule has 1 aromatic heterocycles. The topological polar surface area (TPSA) is 95.9 Å². The fraction of sp³-hybridized carbons (Fsp3) is 0.375. The number of morpholine rings is 1. The van der Waals surface area contributed by atoms with Crippen molar-refractivity contribution in [1.82, 2.24) is 19.2 Å². The number of hydrogen-bond donors (Lipinski definition) is 0. The summed E-state index contributed by atoms with van der Waals surface area (Å²) in [5.74, 6) is 0.358. The van der Waals surface area contributed by atoms with Gasteiger partial charge < -0.3 is 14.5 Å². The molecular formula is C24H26FN5O4S2. The Balaban J connectivity index is 1.24. The maximum absolute atomic E-state index is 13.2. The van der Waals surface area contributed by atoms with Gasteiger partial charge >= 0.3 is 0 Å². The van der Waals surface area contributed by atoms with Crippen LogP contribution in [0, 0.1) is 5.82 Å². The van der Waals surface area contributed by atoms with Crippen LogP contribution in [0.25, 0.3) is 11.0 Å². The highest BCUT2D eigenvalue weighted by molar-refractivity contribution is 8.00. The monoisotopic (exact) mass is 531 g/mol. The van der Waals surface area contributed by atoms with Gasteiger partial charge in [0, 0.05) is 39.3 Å². The van der Waals surface area contributed by atoms with Crippen LogP contribution in [0.4, 0.5) is 10.2 Å². The number of carbonyl (C=O) groups is 1. The molecular weight excluding hydrogens is 505 g/mol. The van der Waals surface area contributed by atoms with Gasteiger partial charge in [-0.25, -0.2) is 22.8 Å². The zero-order valence-corrected chi connectivity index (χ0v) is 21.2. The minimum Gasteiger partial charge on any atom is -0.378 e. The number of halogens is 1. The van der Waals surface area contributed by atoms with Crippen molar-refractivity contribution in [3.05, 3.63) is 54.3 Å². The summed E-state index contributed by atoms with van der Waals surface area (Å²) in [5.41, 5.74) is 1.57. The lowest BCUT2D eigenvalue weighted by atomic mass is 10.3. The molecule has 12 heteroatoms. The number of benzene rings is 2. The van der Waals surface area contributed by atoms with E-state index in [9.17, 15) is 17.6 Å². The lowest BCUT2D eigenvalue weighted by molar-refractivity contribution is -0.129. The van der Waals surface area contributed by atoms with Gasteiger partial charge in [0.25, 0.3) is 0 Å². The van der Waals surface area contributed by atoms with Gasteiger partial charge in [0.2, 0.25) is 15.9 Å². The number of thioether (sulfide) groups is 1. The van der Waals surface area contributed by atoms with Crippen LogP contribution >= 0.6 is 11.8 Å². The number of nitrogens with zero attached hydrogens (tertiary/aromatic N) is 5. The van der Waals surface area contributed by atoms with Crippen LogP contribution < -0.4 is 4.90 Å². The van der Waals surface area contributed by atoms with E-state index in [1.807, 2.05) is 24.3 Å². The Morgan fingerprint density at radius 2 is 1.56 bits per heavy atom. The molecule has 0 aliphatic carbocycles. The summed E-state index contributed by atoms with van der Waals surface area (Å²) in [5, 5.41) is 0.696. The highest BCUT2D eigenvalue weighted by Crippen LogP contribution is 2.30. The molecule has 0 unspecified atom stereocenters. The van der Waals surface area contributed by atoms with E-state index < -0.39 is 15.8 Å². The maximum Gasteiger partial charge on any atom is 0.243 e. The molecule has 9 nitrogen and oxygen atoms in total. The molecule has 2 aromatic carbocycles. The third-order valence-corrected chi connectivity index (χ3v) is 9.06. The average molecular weight is 532 g/mol. The fourth-order valence-corrected chi connectivity index (χ4v) is 6.54. The number of piperazine rings is 1. The van der Waals surface area contributed by atoms with E-state index in [0.29, 0.717) is 44.4 Å². The molecule has 2 aliphatic heterocycles. The normalized spacial score (nSPS) is 17.5. The van der Waals surface area contributed by atoms with E-state index in [1.54, 1.807) is 4.90 Å². The Labute approximate surface area is 213 Å². The third kappa shape index (κ3) is 5.31. The summed E-state index contributed by atoms with van der Waals surface area (Å²) in [4.78, 5) is 26.5. The largest absolute Gasteiger partial charge is 0.378 e. The highest BCUT2D eigenvalue weighted by atomic mass is 32.2. The van der Waals surface area contributed by atoms with Crippen molar-refractivity contribution in [3.8, 4) is 0 Å². The summed E-state index contributed by atoms with van der Waals surface area (Å²) >= 11 is 1.35. The SMILES string of the molecule is O=C(CSc1nc2ccccc2nc1N1CCOCC1)N1CCN(S(=O)(=O)c2ccc(F)cc2)CC1. The Bertz CT molecular complexity index is 1340. The van der Waals surface area contributed by atoms with Gasteiger partial charge in [0.1, 0.15) is 10.8 Å². The standard InChI is InChI=1S/C24H26FN5O4S2/c25-18-5-7-19(8-6-18)36(32,33)30-11-9-28(10-12-30)22(31)17-35-24-23(29-13-15-34-16-14-29)26-20-3-1-2-4-21(20)27-24/h1-8H,9-17H2. The van der Waals surface area contributed by atoms with Gasteiger partial charge in [-0.3, -0.25) is 4.79 Å². The van der Waals surface area contributed by atoms with Crippen molar-refractivity contribution < 1.29 is 22.3 Å². The van der Waals surface area contributed by atoms with Gasteiger partial charge in [-0.15, -0.1) is 0 Å². The molecule has 3 heterocycles. The van der Waals surface area contributed by atoms with Crippen molar-refractivity contribution in [1.29, 1.82) is 0 Å². The van der Waals surface area contributed by atoms with E-state index in [1.165, 1.54) is 28.2 Å². The van der Waals surface area contributed by atoms with Crippen molar-refractivity contribution in [3.63, 3.8) is 0 Å². The van der Waals surface area contributed by atoms with E-state index in [2.05, 4.69) is 4.90 Å². The van der Waals surface area contributed by atoms with Crippen LogP contribution in [-0.4, -0.2) is 91.7 Å². The minimum absolute atomic E-state index is 0.0461. The predicted octanol–water partition coefficient (Wildman–Crippen LogP) is 2.23.